The van der Waals surface area contributed by atoms with E-state index in [0.717, 1.165) is 51.7 Å². The topological polar surface area (TPSA) is 70.7 Å². The first-order chi connectivity index (χ1) is 13.0. The Hall–Kier alpha value is -1.79. The van der Waals surface area contributed by atoms with Crippen LogP contribution in [0.25, 0.3) is 0 Å². The number of likely N-dealkylation sites (tertiary alicyclic amines) is 1. The van der Waals surface area contributed by atoms with Gasteiger partial charge < -0.3 is 20.3 Å². The molecule has 2 aliphatic rings. The molecular formula is C20H28ClN3O3. The molecule has 3 amide bonds. The van der Waals surface area contributed by atoms with Crippen LogP contribution < -0.4 is 10.6 Å². The third-order valence-corrected chi connectivity index (χ3v) is 5.61. The van der Waals surface area contributed by atoms with Gasteiger partial charge in [-0.25, -0.2) is 4.79 Å². The SMILES string of the molecule is C[C@@H]1CCCCN1C(=O)c1ccc(NC(=O)NCC[C@@H]2CCCO2)cc1Cl. The van der Waals surface area contributed by atoms with Crippen molar-refractivity contribution >= 4 is 29.2 Å². The van der Waals surface area contributed by atoms with E-state index in [9.17, 15) is 9.59 Å². The fourth-order valence-electron chi connectivity index (χ4n) is 3.71. The number of rotatable bonds is 5. The van der Waals surface area contributed by atoms with Crippen molar-refractivity contribution in [2.45, 2.75) is 57.6 Å². The van der Waals surface area contributed by atoms with Crippen molar-refractivity contribution in [3.8, 4) is 0 Å². The van der Waals surface area contributed by atoms with Crippen LogP contribution >= 0.6 is 11.6 Å². The number of hydrogen-bond acceptors (Lipinski definition) is 3. The number of amides is 3. The third kappa shape index (κ3) is 5.36. The molecule has 2 aliphatic heterocycles. The second kappa shape index (κ2) is 9.42. The number of carbonyl (C=O) groups excluding carboxylic acids is 2. The number of nitrogens with zero attached hydrogens (tertiary/aromatic N) is 1. The standard InChI is InChI=1S/C20H28ClN3O3/c1-14-5-2-3-11-24(14)19(25)17-8-7-15(13-18(17)21)23-20(26)22-10-9-16-6-4-12-27-16/h7-8,13-14,16H,2-6,9-12H2,1H3,(H2,22,23,26)/t14-,16+/m1/s1. The lowest BCUT2D eigenvalue weighted by Gasteiger charge is -2.33. The molecule has 2 atom stereocenters. The molecule has 2 heterocycles. The van der Waals surface area contributed by atoms with Gasteiger partial charge in [-0.05, 0) is 63.6 Å². The lowest BCUT2D eigenvalue weighted by atomic mass is 10.0. The molecule has 1 aromatic carbocycles. The maximum Gasteiger partial charge on any atom is 0.319 e. The van der Waals surface area contributed by atoms with Gasteiger partial charge in [-0.1, -0.05) is 11.6 Å². The van der Waals surface area contributed by atoms with E-state index in [4.69, 9.17) is 16.3 Å². The van der Waals surface area contributed by atoms with Crippen LogP contribution in [0.1, 0.15) is 55.8 Å². The third-order valence-electron chi connectivity index (χ3n) is 5.30. The van der Waals surface area contributed by atoms with Crippen molar-refractivity contribution in [3.05, 3.63) is 28.8 Å². The summed E-state index contributed by atoms with van der Waals surface area (Å²) >= 11 is 6.33. The van der Waals surface area contributed by atoms with Crippen LogP contribution in [0, 0.1) is 0 Å². The molecule has 2 fully saturated rings. The predicted octanol–water partition coefficient (Wildman–Crippen LogP) is 4.05. The molecule has 2 N–H and O–H groups in total. The average Bonchev–Trinajstić information content (AvgIpc) is 3.15. The van der Waals surface area contributed by atoms with Crippen LogP contribution in [0.15, 0.2) is 18.2 Å². The van der Waals surface area contributed by atoms with Crippen LogP contribution in [-0.4, -0.2) is 48.7 Å². The van der Waals surface area contributed by atoms with E-state index in [1.807, 2.05) is 4.90 Å². The van der Waals surface area contributed by atoms with E-state index >= 15 is 0 Å². The molecule has 0 aromatic heterocycles. The molecular weight excluding hydrogens is 366 g/mol. The van der Waals surface area contributed by atoms with Crippen molar-refractivity contribution in [3.63, 3.8) is 0 Å². The van der Waals surface area contributed by atoms with Gasteiger partial charge in [0.05, 0.1) is 16.7 Å². The van der Waals surface area contributed by atoms with Crippen molar-refractivity contribution in [2.24, 2.45) is 0 Å². The van der Waals surface area contributed by atoms with Gasteiger partial charge in [-0.2, -0.15) is 0 Å². The Kier molecular flexibility index (Phi) is 6.96. The molecule has 1 aromatic rings. The number of benzene rings is 1. The first kappa shape index (κ1) is 20.0. The van der Waals surface area contributed by atoms with Gasteiger partial charge in [0.1, 0.15) is 0 Å². The highest BCUT2D eigenvalue weighted by molar-refractivity contribution is 6.34. The Morgan fingerprint density at radius 3 is 2.81 bits per heavy atom. The second-order valence-corrected chi connectivity index (χ2v) is 7.75. The summed E-state index contributed by atoms with van der Waals surface area (Å²) in [4.78, 5) is 26.7. The minimum absolute atomic E-state index is 0.0419. The number of carbonyl (C=O) groups is 2. The van der Waals surface area contributed by atoms with Gasteiger partial charge in [0, 0.05) is 31.4 Å². The fourth-order valence-corrected chi connectivity index (χ4v) is 3.98. The molecule has 148 valence electrons. The van der Waals surface area contributed by atoms with Gasteiger partial charge in [0.25, 0.3) is 5.91 Å². The zero-order chi connectivity index (χ0) is 19.2. The van der Waals surface area contributed by atoms with Crippen molar-refractivity contribution in [1.82, 2.24) is 10.2 Å². The smallest absolute Gasteiger partial charge is 0.319 e. The lowest BCUT2D eigenvalue weighted by molar-refractivity contribution is 0.0636. The molecule has 0 spiro atoms. The normalized spacial score (nSPS) is 22.5. The number of urea groups is 1. The molecule has 0 bridgehead atoms. The molecule has 2 saturated heterocycles. The number of hydrogen-bond donors (Lipinski definition) is 2. The van der Waals surface area contributed by atoms with Crippen molar-refractivity contribution in [1.29, 1.82) is 0 Å². The second-order valence-electron chi connectivity index (χ2n) is 7.34. The molecule has 0 saturated carbocycles. The minimum Gasteiger partial charge on any atom is -0.378 e. The number of anilines is 1. The monoisotopic (exact) mass is 393 g/mol. The molecule has 0 radical (unpaired) electrons. The summed E-state index contributed by atoms with van der Waals surface area (Å²) in [6.45, 7) is 4.22. The van der Waals surface area contributed by atoms with Gasteiger partial charge >= 0.3 is 6.03 Å². The summed E-state index contributed by atoms with van der Waals surface area (Å²) in [5, 5.41) is 5.94. The van der Waals surface area contributed by atoms with Crippen LogP contribution in [0.2, 0.25) is 5.02 Å². The molecule has 3 rings (SSSR count). The van der Waals surface area contributed by atoms with E-state index in [2.05, 4.69) is 17.6 Å². The maximum absolute atomic E-state index is 12.8. The quantitative estimate of drug-likeness (QED) is 0.792. The summed E-state index contributed by atoms with van der Waals surface area (Å²) in [7, 11) is 0. The van der Waals surface area contributed by atoms with E-state index in [1.165, 1.54) is 0 Å². The summed E-state index contributed by atoms with van der Waals surface area (Å²) in [5.41, 5.74) is 1.05. The van der Waals surface area contributed by atoms with Gasteiger partial charge in [0.2, 0.25) is 0 Å². The Balaban J connectivity index is 1.52. The zero-order valence-corrected chi connectivity index (χ0v) is 16.6. The van der Waals surface area contributed by atoms with Crippen LogP contribution in [0.4, 0.5) is 10.5 Å². The van der Waals surface area contributed by atoms with Crippen LogP contribution in [0.5, 0.6) is 0 Å². The highest BCUT2D eigenvalue weighted by Crippen LogP contribution is 2.25. The summed E-state index contributed by atoms with van der Waals surface area (Å²) in [6, 6.07) is 4.98. The van der Waals surface area contributed by atoms with E-state index in [-0.39, 0.29) is 24.1 Å². The van der Waals surface area contributed by atoms with Crippen molar-refractivity contribution < 1.29 is 14.3 Å². The van der Waals surface area contributed by atoms with Crippen molar-refractivity contribution in [2.75, 3.05) is 25.0 Å². The predicted molar refractivity (Wildman–Crippen MR) is 106 cm³/mol. The summed E-state index contributed by atoms with van der Waals surface area (Å²) in [6.07, 6.45) is 6.43. The Labute approximate surface area is 165 Å². The number of halogens is 1. The molecule has 7 heteroatoms. The summed E-state index contributed by atoms with van der Waals surface area (Å²) in [5.74, 6) is -0.0419. The average molecular weight is 394 g/mol. The highest BCUT2D eigenvalue weighted by Gasteiger charge is 2.25. The number of ether oxygens (including phenoxy) is 1. The largest absolute Gasteiger partial charge is 0.378 e. The molecule has 6 nitrogen and oxygen atoms in total. The minimum atomic E-state index is -0.284. The molecule has 27 heavy (non-hydrogen) atoms. The number of piperidine rings is 1. The first-order valence-electron chi connectivity index (χ1n) is 9.81. The maximum atomic E-state index is 12.8. The Bertz CT molecular complexity index is 676. The van der Waals surface area contributed by atoms with Gasteiger partial charge in [0.15, 0.2) is 0 Å². The molecule has 0 aliphatic carbocycles. The summed E-state index contributed by atoms with van der Waals surface area (Å²) < 4.78 is 5.54. The fraction of sp³-hybridized carbons (Fsp3) is 0.600. The molecule has 0 unspecified atom stereocenters. The highest BCUT2D eigenvalue weighted by atomic mass is 35.5. The zero-order valence-electron chi connectivity index (χ0n) is 15.8. The van der Waals surface area contributed by atoms with Crippen LogP contribution in [-0.2, 0) is 4.74 Å². The van der Waals surface area contributed by atoms with Gasteiger partial charge in [-0.15, -0.1) is 0 Å². The first-order valence-corrected chi connectivity index (χ1v) is 10.2. The lowest BCUT2D eigenvalue weighted by Crippen LogP contribution is -2.42. The number of nitrogens with one attached hydrogen (secondary N) is 2. The van der Waals surface area contributed by atoms with E-state index in [1.54, 1.807) is 18.2 Å². The van der Waals surface area contributed by atoms with E-state index in [0.29, 0.717) is 22.8 Å². The Morgan fingerprint density at radius 1 is 1.26 bits per heavy atom. The van der Waals surface area contributed by atoms with E-state index < -0.39 is 0 Å². The van der Waals surface area contributed by atoms with Gasteiger partial charge in [-0.3, -0.25) is 4.79 Å². The Morgan fingerprint density at radius 2 is 2.11 bits per heavy atom. The van der Waals surface area contributed by atoms with Crippen LogP contribution in [0.3, 0.4) is 0 Å².